The minimum atomic E-state index is -4.94. The van der Waals surface area contributed by atoms with Gasteiger partial charge in [-0.1, -0.05) is 0 Å². The predicted molar refractivity (Wildman–Crippen MR) is 47.8 cm³/mol. The van der Waals surface area contributed by atoms with Gasteiger partial charge in [0.05, 0.1) is 23.8 Å². The highest BCUT2D eigenvalue weighted by Gasteiger charge is 2.38. The molecule has 18 heavy (non-hydrogen) atoms. The lowest BCUT2D eigenvalue weighted by Crippen LogP contribution is -2.16. The Morgan fingerprint density at radius 3 is 2.00 bits per heavy atom. The van der Waals surface area contributed by atoms with E-state index >= 15 is 0 Å². The van der Waals surface area contributed by atoms with Crippen molar-refractivity contribution < 1.29 is 35.9 Å². The third-order valence-corrected chi connectivity index (χ3v) is 2.06. The second-order valence-electron chi connectivity index (χ2n) is 3.25. The molecule has 100 valence electrons. The zero-order chi connectivity index (χ0) is 14.1. The molecule has 8 heteroatoms. The van der Waals surface area contributed by atoms with Crippen molar-refractivity contribution in [2.75, 3.05) is 7.11 Å². The van der Waals surface area contributed by atoms with Crippen molar-refractivity contribution in [3.8, 4) is 0 Å². The quantitative estimate of drug-likeness (QED) is 0.577. The predicted octanol–water partition coefficient (Wildman–Crippen LogP) is 3.51. The first-order valence-electron chi connectivity index (χ1n) is 4.44. The largest absolute Gasteiger partial charge is 0.465 e. The maximum absolute atomic E-state index is 12.5. The summed E-state index contributed by atoms with van der Waals surface area (Å²) in [5.74, 6) is -1.48. The van der Waals surface area contributed by atoms with Crippen molar-refractivity contribution in [3.63, 3.8) is 0 Å². The van der Waals surface area contributed by atoms with Gasteiger partial charge in [-0.25, -0.2) is 4.79 Å². The fourth-order valence-electron chi connectivity index (χ4n) is 1.25. The van der Waals surface area contributed by atoms with E-state index in [2.05, 4.69) is 4.74 Å². The molecular weight excluding hydrogens is 266 g/mol. The lowest BCUT2D eigenvalue weighted by atomic mass is 10.0. The Kier molecular flexibility index (Phi) is 3.59. The highest BCUT2D eigenvalue weighted by atomic mass is 19.4. The van der Waals surface area contributed by atoms with E-state index in [1.54, 1.807) is 0 Å². The van der Waals surface area contributed by atoms with E-state index in [0.29, 0.717) is 0 Å². The van der Waals surface area contributed by atoms with Crippen molar-refractivity contribution in [2.45, 2.75) is 12.4 Å². The molecule has 0 N–H and O–H groups in total. The SMILES string of the molecule is COC(=O)c1cc(C(F)(F)F)ccc1C(F)(F)F. The zero-order valence-electron chi connectivity index (χ0n) is 8.82. The number of carbonyl (C=O) groups is 1. The van der Waals surface area contributed by atoms with Crippen LogP contribution in [-0.4, -0.2) is 13.1 Å². The van der Waals surface area contributed by atoms with Gasteiger partial charge < -0.3 is 4.74 Å². The highest BCUT2D eigenvalue weighted by Crippen LogP contribution is 2.36. The lowest BCUT2D eigenvalue weighted by Gasteiger charge is -2.14. The Hall–Kier alpha value is -1.73. The van der Waals surface area contributed by atoms with E-state index in [9.17, 15) is 31.1 Å². The average Bonchev–Trinajstić information content (AvgIpc) is 2.24. The molecule has 0 spiro atoms. The van der Waals surface area contributed by atoms with E-state index in [1.807, 2.05) is 0 Å². The molecule has 0 fully saturated rings. The fourth-order valence-corrected chi connectivity index (χ4v) is 1.25. The molecule has 0 atom stereocenters. The van der Waals surface area contributed by atoms with E-state index in [1.165, 1.54) is 0 Å². The number of hydrogen-bond acceptors (Lipinski definition) is 2. The Morgan fingerprint density at radius 1 is 1.06 bits per heavy atom. The molecule has 2 nitrogen and oxygen atoms in total. The zero-order valence-corrected chi connectivity index (χ0v) is 8.82. The van der Waals surface area contributed by atoms with E-state index in [4.69, 9.17) is 0 Å². The molecule has 0 bridgehead atoms. The summed E-state index contributed by atoms with van der Waals surface area (Å²) >= 11 is 0. The number of carbonyl (C=O) groups excluding carboxylic acids is 1. The molecule has 0 saturated heterocycles. The first-order valence-corrected chi connectivity index (χ1v) is 4.44. The Balaban J connectivity index is 3.44. The van der Waals surface area contributed by atoms with Crippen LogP contribution in [-0.2, 0) is 17.1 Å². The molecule has 0 radical (unpaired) electrons. The number of hydrogen-bond donors (Lipinski definition) is 0. The second-order valence-corrected chi connectivity index (χ2v) is 3.25. The number of alkyl halides is 6. The number of benzene rings is 1. The lowest BCUT2D eigenvalue weighted by molar-refractivity contribution is -0.141. The molecular formula is C10H6F6O2. The minimum Gasteiger partial charge on any atom is -0.465 e. The van der Waals surface area contributed by atoms with E-state index in [-0.39, 0.29) is 18.2 Å². The van der Waals surface area contributed by atoms with Crippen LogP contribution in [0.2, 0.25) is 0 Å². The standard InChI is InChI=1S/C10H6F6O2/c1-18-8(17)6-4-5(9(11,12)13)2-3-7(6)10(14,15)16/h2-4H,1H3. The molecule has 0 heterocycles. The number of esters is 1. The van der Waals surface area contributed by atoms with Gasteiger partial charge in [-0.05, 0) is 18.2 Å². The van der Waals surface area contributed by atoms with E-state index < -0.39 is 35.0 Å². The topological polar surface area (TPSA) is 26.3 Å². The summed E-state index contributed by atoms with van der Waals surface area (Å²) in [6.45, 7) is 0. The van der Waals surface area contributed by atoms with Gasteiger partial charge in [0.1, 0.15) is 0 Å². The molecule has 0 aliphatic heterocycles. The molecule has 1 aromatic rings. The molecule has 0 aromatic heterocycles. The third-order valence-electron chi connectivity index (χ3n) is 2.06. The summed E-state index contributed by atoms with van der Waals surface area (Å²) in [5, 5.41) is 0. The number of ether oxygens (including phenoxy) is 1. The number of rotatable bonds is 1. The Labute approximate surface area is 97.2 Å². The van der Waals surface area contributed by atoms with Crippen LogP contribution in [0.5, 0.6) is 0 Å². The molecule has 0 saturated carbocycles. The monoisotopic (exact) mass is 272 g/mol. The van der Waals surface area contributed by atoms with Gasteiger partial charge in [0.25, 0.3) is 0 Å². The smallest absolute Gasteiger partial charge is 0.417 e. The summed E-state index contributed by atoms with van der Waals surface area (Å²) in [7, 11) is 0.781. The summed E-state index contributed by atoms with van der Waals surface area (Å²) in [6.07, 6.45) is -9.78. The third kappa shape index (κ3) is 2.93. The fraction of sp³-hybridized carbons (Fsp3) is 0.300. The number of methoxy groups -OCH3 is 1. The van der Waals surface area contributed by atoms with E-state index in [0.717, 1.165) is 7.11 Å². The van der Waals surface area contributed by atoms with Crippen molar-refractivity contribution in [2.24, 2.45) is 0 Å². The van der Waals surface area contributed by atoms with Crippen LogP contribution in [0, 0.1) is 0 Å². The van der Waals surface area contributed by atoms with Crippen molar-refractivity contribution in [3.05, 3.63) is 34.9 Å². The van der Waals surface area contributed by atoms with Gasteiger partial charge in [-0.15, -0.1) is 0 Å². The maximum atomic E-state index is 12.5. The van der Waals surface area contributed by atoms with Gasteiger partial charge in [0.15, 0.2) is 0 Å². The first-order chi connectivity index (χ1) is 8.07. The Bertz CT molecular complexity index is 460. The molecule has 1 rings (SSSR count). The van der Waals surface area contributed by atoms with Gasteiger partial charge in [-0.2, -0.15) is 26.3 Å². The molecule has 1 aromatic carbocycles. The summed E-state index contributed by atoms with van der Waals surface area (Å²) < 4.78 is 78.5. The van der Waals surface area contributed by atoms with Crippen molar-refractivity contribution in [1.82, 2.24) is 0 Å². The van der Waals surface area contributed by atoms with Crippen LogP contribution < -0.4 is 0 Å². The minimum absolute atomic E-state index is 0.120. The van der Waals surface area contributed by atoms with Gasteiger partial charge in [-0.3, -0.25) is 0 Å². The van der Waals surface area contributed by atoms with Crippen LogP contribution in [0.4, 0.5) is 26.3 Å². The van der Waals surface area contributed by atoms with Crippen LogP contribution in [0.25, 0.3) is 0 Å². The van der Waals surface area contributed by atoms with Gasteiger partial charge in [0.2, 0.25) is 0 Å². The highest BCUT2D eigenvalue weighted by molar-refractivity contribution is 5.91. The summed E-state index contributed by atoms with van der Waals surface area (Å²) in [5.41, 5.74) is -3.99. The second kappa shape index (κ2) is 4.51. The summed E-state index contributed by atoms with van der Waals surface area (Å²) in [4.78, 5) is 11.1. The number of halogens is 6. The van der Waals surface area contributed by atoms with Crippen LogP contribution >= 0.6 is 0 Å². The van der Waals surface area contributed by atoms with Crippen molar-refractivity contribution in [1.29, 1.82) is 0 Å². The van der Waals surface area contributed by atoms with Gasteiger partial charge >= 0.3 is 18.3 Å². The van der Waals surface area contributed by atoms with Crippen molar-refractivity contribution >= 4 is 5.97 Å². The van der Waals surface area contributed by atoms with Crippen LogP contribution in [0.15, 0.2) is 18.2 Å². The Morgan fingerprint density at radius 2 is 1.61 bits per heavy atom. The maximum Gasteiger partial charge on any atom is 0.417 e. The summed E-state index contributed by atoms with van der Waals surface area (Å²) in [6, 6.07) is 0.582. The molecule has 0 aliphatic rings. The average molecular weight is 272 g/mol. The van der Waals surface area contributed by atoms with Crippen LogP contribution in [0.1, 0.15) is 21.5 Å². The first kappa shape index (κ1) is 14.3. The van der Waals surface area contributed by atoms with Crippen LogP contribution in [0.3, 0.4) is 0 Å². The molecule has 0 unspecified atom stereocenters. The molecule has 0 aliphatic carbocycles. The normalized spacial score (nSPS) is 12.4. The molecule has 0 amide bonds. The van der Waals surface area contributed by atoms with Gasteiger partial charge in [0, 0.05) is 0 Å².